The molecule has 0 spiro atoms. The number of rotatable bonds is 3. The van der Waals surface area contributed by atoms with E-state index in [1.54, 1.807) is 0 Å². The Bertz CT molecular complexity index is 191. The van der Waals surface area contributed by atoms with Gasteiger partial charge in [0, 0.05) is 7.11 Å². The molecule has 1 aliphatic rings. The average Bonchev–Trinajstić information content (AvgIpc) is 2.17. The van der Waals surface area contributed by atoms with Crippen LogP contribution >= 0.6 is 0 Å². The predicted molar refractivity (Wildman–Crippen MR) is 49.6 cm³/mol. The SMILES string of the molecule is CCC1CCCC(OC)(C(=O)O)C1. The van der Waals surface area contributed by atoms with Gasteiger partial charge in [0.15, 0.2) is 5.60 Å². The van der Waals surface area contributed by atoms with Gasteiger partial charge in [-0.2, -0.15) is 0 Å². The second-order valence-electron chi connectivity index (χ2n) is 3.87. The minimum absolute atomic E-state index is 0.518. The van der Waals surface area contributed by atoms with Crippen molar-refractivity contribution >= 4 is 5.97 Å². The Morgan fingerprint density at radius 1 is 1.69 bits per heavy atom. The Balaban J connectivity index is 2.69. The molecule has 76 valence electrons. The largest absolute Gasteiger partial charge is 0.479 e. The first kappa shape index (κ1) is 10.5. The van der Waals surface area contributed by atoms with Crippen LogP contribution in [0, 0.1) is 5.92 Å². The molecule has 0 amide bonds. The minimum Gasteiger partial charge on any atom is -0.479 e. The van der Waals surface area contributed by atoms with Gasteiger partial charge in [0.05, 0.1) is 0 Å². The van der Waals surface area contributed by atoms with Crippen LogP contribution < -0.4 is 0 Å². The van der Waals surface area contributed by atoms with Gasteiger partial charge < -0.3 is 9.84 Å². The van der Waals surface area contributed by atoms with Crippen LogP contribution in [0.25, 0.3) is 0 Å². The maximum Gasteiger partial charge on any atom is 0.335 e. The fraction of sp³-hybridized carbons (Fsp3) is 0.900. The number of carbonyl (C=O) groups is 1. The van der Waals surface area contributed by atoms with Crippen molar-refractivity contribution in [3.63, 3.8) is 0 Å². The Hall–Kier alpha value is -0.570. The van der Waals surface area contributed by atoms with Gasteiger partial charge in [0.25, 0.3) is 0 Å². The molecule has 0 aromatic rings. The van der Waals surface area contributed by atoms with E-state index in [1.165, 1.54) is 7.11 Å². The van der Waals surface area contributed by atoms with Gasteiger partial charge in [-0.3, -0.25) is 0 Å². The first-order valence-electron chi connectivity index (χ1n) is 4.93. The summed E-state index contributed by atoms with van der Waals surface area (Å²) in [6.07, 6.45) is 4.51. The number of aliphatic carboxylic acids is 1. The van der Waals surface area contributed by atoms with Gasteiger partial charge in [-0.05, 0) is 25.2 Å². The van der Waals surface area contributed by atoms with Crippen LogP contribution in [0.3, 0.4) is 0 Å². The molecule has 1 N–H and O–H groups in total. The molecule has 1 aliphatic carbocycles. The molecule has 0 saturated heterocycles. The first-order valence-corrected chi connectivity index (χ1v) is 4.93. The van der Waals surface area contributed by atoms with E-state index in [-0.39, 0.29) is 0 Å². The zero-order chi connectivity index (χ0) is 9.90. The second kappa shape index (κ2) is 4.09. The maximum absolute atomic E-state index is 11.0. The van der Waals surface area contributed by atoms with Gasteiger partial charge in [-0.25, -0.2) is 4.79 Å². The molecule has 2 unspecified atom stereocenters. The van der Waals surface area contributed by atoms with E-state index in [1.807, 2.05) is 0 Å². The highest BCUT2D eigenvalue weighted by Crippen LogP contribution is 2.36. The molecule has 0 aromatic heterocycles. The molecular formula is C10H18O3. The summed E-state index contributed by atoms with van der Waals surface area (Å²) in [6, 6.07) is 0. The molecule has 3 nitrogen and oxygen atoms in total. The van der Waals surface area contributed by atoms with Crippen molar-refractivity contribution in [3.8, 4) is 0 Å². The number of carboxylic acids is 1. The molecule has 1 fully saturated rings. The normalized spacial score (nSPS) is 34.5. The number of carboxylic acid groups (broad SMARTS) is 1. The van der Waals surface area contributed by atoms with Crippen LogP contribution in [0.4, 0.5) is 0 Å². The van der Waals surface area contributed by atoms with Crippen molar-refractivity contribution in [2.75, 3.05) is 7.11 Å². The maximum atomic E-state index is 11.0. The number of methoxy groups -OCH3 is 1. The summed E-state index contributed by atoms with van der Waals surface area (Å²) in [4.78, 5) is 11.0. The third-order valence-corrected chi connectivity index (χ3v) is 3.17. The van der Waals surface area contributed by atoms with Gasteiger partial charge in [-0.15, -0.1) is 0 Å². The fourth-order valence-electron chi connectivity index (χ4n) is 2.16. The van der Waals surface area contributed by atoms with E-state index in [9.17, 15) is 4.79 Å². The lowest BCUT2D eigenvalue weighted by Gasteiger charge is -2.36. The molecule has 1 saturated carbocycles. The van der Waals surface area contributed by atoms with E-state index >= 15 is 0 Å². The van der Waals surface area contributed by atoms with Crippen LogP contribution in [0.2, 0.25) is 0 Å². The molecule has 13 heavy (non-hydrogen) atoms. The van der Waals surface area contributed by atoms with Crippen molar-refractivity contribution in [3.05, 3.63) is 0 Å². The zero-order valence-electron chi connectivity index (χ0n) is 8.38. The highest BCUT2D eigenvalue weighted by atomic mass is 16.5. The van der Waals surface area contributed by atoms with E-state index in [0.29, 0.717) is 18.8 Å². The van der Waals surface area contributed by atoms with Crippen LogP contribution in [-0.4, -0.2) is 23.8 Å². The summed E-state index contributed by atoms with van der Waals surface area (Å²) in [5.74, 6) is -0.280. The summed E-state index contributed by atoms with van der Waals surface area (Å²) in [5.41, 5.74) is -0.890. The van der Waals surface area contributed by atoms with Crippen LogP contribution in [-0.2, 0) is 9.53 Å². The van der Waals surface area contributed by atoms with E-state index < -0.39 is 11.6 Å². The Morgan fingerprint density at radius 2 is 2.38 bits per heavy atom. The summed E-state index contributed by atoms with van der Waals surface area (Å²) in [5, 5.41) is 9.08. The van der Waals surface area contributed by atoms with Gasteiger partial charge in [0.2, 0.25) is 0 Å². The van der Waals surface area contributed by atoms with Gasteiger partial charge >= 0.3 is 5.97 Å². The Morgan fingerprint density at radius 3 is 2.85 bits per heavy atom. The molecular weight excluding hydrogens is 168 g/mol. The zero-order valence-corrected chi connectivity index (χ0v) is 8.38. The van der Waals surface area contributed by atoms with Crippen LogP contribution in [0.1, 0.15) is 39.0 Å². The molecule has 1 rings (SSSR count). The highest BCUT2D eigenvalue weighted by molar-refractivity contribution is 5.77. The molecule has 3 heteroatoms. The highest BCUT2D eigenvalue weighted by Gasteiger charge is 2.42. The third-order valence-electron chi connectivity index (χ3n) is 3.17. The molecule has 0 radical (unpaired) electrons. The van der Waals surface area contributed by atoms with Crippen molar-refractivity contribution in [2.24, 2.45) is 5.92 Å². The summed E-state index contributed by atoms with van der Waals surface area (Å²) in [7, 11) is 1.51. The Labute approximate surface area is 79.1 Å². The quantitative estimate of drug-likeness (QED) is 0.733. The van der Waals surface area contributed by atoms with Gasteiger partial charge in [-0.1, -0.05) is 19.8 Å². The van der Waals surface area contributed by atoms with Crippen molar-refractivity contribution in [2.45, 2.75) is 44.6 Å². The number of hydrogen-bond donors (Lipinski definition) is 1. The average molecular weight is 186 g/mol. The van der Waals surface area contributed by atoms with Crippen LogP contribution in [0.5, 0.6) is 0 Å². The number of ether oxygens (including phenoxy) is 1. The van der Waals surface area contributed by atoms with Crippen molar-refractivity contribution in [1.82, 2.24) is 0 Å². The molecule has 0 heterocycles. The van der Waals surface area contributed by atoms with E-state index in [2.05, 4.69) is 6.92 Å². The van der Waals surface area contributed by atoms with Crippen LogP contribution in [0.15, 0.2) is 0 Å². The number of hydrogen-bond acceptors (Lipinski definition) is 2. The molecule has 0 aliphatic heterocycles. The van der Waals surface area contributed by atoms with Gasteiger partial charge in [0.1, 0.15) is 0 Å². The monoisotopic (exact) mass is 186 g/mol. The first-order chi connectivity index (χ1) is 6.14. The van der Waals surface area contributed by atoms with E-state index in [4.69, 9.17) is 9.84 Å². The standard InChI is InChI=1S/C10H18O3/c1-3-8-5-4-6-10(7-8,13-2)9(11)12/h8H,3-7H2,1-2H3,(H,11,12). The van der Waals surface area contributed by atoms with Crippen molar-refractivity contribution in [1.29, 1.82) is 0 Å². The minimum atomic E-state index is -0.890. The lowest BCUT2D eigenvalue weighted by Crippen LogP contribution is -2.44. The fourth-order valence-corrected chi connectivity index (χ4v) is 2.16. The molecule has 0 aromatic carbocycles. The second-order valence-corrected chi connectivity index (χ2v) is 3.87. The summed E-state index contributed by atoms with van der Waals surface area (Å²) in [6.45, 7) is 2.11. The molecule has 0 bridgehead atoms. The van der Waals surface area contributed by atoms with E-state index in [0.717, 1.165) is 19.3 Å². The lowest BCUT2D eigenvalue weighted by molar-refractivity contribution is -0.168. The Kier molecular flexibility index (Phi) is 3.31. The topological polar surface area (TPSA) is 46.5 Å². The predicted octanol–water partition coefficient (Wildman–Crippen LogP) is 2.06. The molecule has 2 atom stereocenters. The summed E-state index contributed by atoms with van der Waals surface area (Å²) >= 11 is 0. The van der Waals surface area contributed by atoms with Crippen molar-refractivity contribution < 1.29 is 14.6 Å². The third kappa shape index (κ3) is 2.02. The smallest absolute Gasteiger partial charge is 0.335 e. The summed E-state index contributed by atoms with van der Waals surface area (Å²) < 4.78 is 5.17. The lowest BCUT2D eigenvalue weighted by atomic mass is 9.77.